The van der Waals surface area contributed by atoms with Crippen molar-refractivity contribution in [1.29, 1.82) is 0 Å². The van der Waals surface area contributed by atoms with Crippen molar-refractivity contribution in [2.45, 2.75) is 33.3 Å². The zero-order valence-electron chi connectivity index (χ0n) is 12.1. The molecule has 2 aromatic rings. The number of rotatable bonds is 1. The van der Waals surface area contributed by atoms with Crippen LogP contribution in [0.3, 0.4) is 0 Å². The molecule has 2 rings (SSSR count). The van der Waals surface area contributed by atoms with Crippen LogP contribution in [0.1, 0.15) is 26.5 Å². The maximum atomic E-state index is 11.8. The number of carbonyl (C=O) groups excluding carboxylic acids is 1. The van der Waals surface area contributed by atoms with Gasteiger partial charge in [0, 0.05) is 6.07 Å². The first-order valence-corrected chi connectivity index (χ1v) is 6.24. The fourth-order valence-electron chi connectivity index (χ4n) is 1.67. The Morgan fingerprint density at radius 1 is 1.14 bits per heavy atom. The fraction of sp³-hybridized carbons (Fsp3) is 0.357. The molecule has 0 aliphatic rings. The number of carbonyl (C=O) groups is 1. The number of hydrogen-bond acceptors (Lipinski definition) is 6. The quantitative estimate of drug-likeness (QED) is 0.866. The van der Waals surface area contributed by atoms with E-state index in [1.165, 1.54) is 12.1 Å². The molecule has 1 N–H and O–H groups in total. The van der Waals surface area contributed by atoms with E-state index in [0.717, 1.165) is 0 Å². The Hall–Kier alpha value is -2.57. The van der Waals surface area contributed by atoms with Crippen LogP contribution in [0.4, 0.5) is 10.5 Å². The van der Waals surface area contributed by atoms with Crippen molar-refractivity contribution in [2.75, 3.05) is 5.32 Å². The fourth-order valence-corrected chi connectivity index (χ4v) is 1.67. The van der Waals surface area contributed by atoms with Gasteiger partial charge in [-0.25, -0.2) is 14.4 Å². The molecular formula is C14H15NO6. The van der Waals surface area contributed by atoms with Gasteiger partial charge < -0.3 is 13.6 Å². The number of anilines is 1. The number of fused-ring (bicyclic) bond motifs is 1. The molecule has 0 unspecified atom stereocenters. The summed E-state index contributed by atoms with van der Waals surface area (Å²) in [6, 6.07) is 2.63. The number of ether oxygens (including phenoxy) is 1. The highest BCUT2D eigenvalue weighted by Crippen LogP contribution is 2.15. The highest BCUT2D eigenvalue weighted by molar-refractivity contribution is 5.87. The molecule has 21 heavy (non-hydrogen) atoms. The minimum absolute atomic E-state index is 0.0614. The SMILES string of the molecule is Cc1cc2oc(=O)c(NC(=O)OC(C)(C)C)cc2c(=O)o1. The van der Waals surface area contributed by atoms with Gasteiger partial charge in [0.2, 0.25) is 0 Å². The standard InChI is InChI=1S/C14H15NO6/c1-7-5-10-8(11(16)19-7)6-9(12(17)20-10)15-13(18)21-14(2,3)4/h5-6H,1-4H3,(H,15,18). The minimum Gasteiger partial charge on any atom is -0.444 e. The number of aryl methyl sites for hydroxylation is 1. The summed E-state index contributed by atoms with van der Waals surface area (Å²) >= 11 is 0. The van der Waals surface area contributed by atoms with Crippen molar-refractivity contribution in [3.05, 3.63) is 38.7 Å². The zero-order chi connectivity index (χ0) is 15.8. The molecule has 0 fully saturated rings. The summed E-state index contributed by atoms with van der Waals surface area (Å²) in [4.78, 5) is 35.1. The predicted molar refractivity (Wildman–Crippen MR) is 75.6 cm³/mol. The minimum atomic E-state index is -0.814. The number of nitrogens with one attached hydrogen (secondary N) is 1. The Kier molecular flexibility index (Phi) is 3.59. The molecule has 0 atom stereocenters. The van der Waals surface area contributed by atoms with Gasteiger partial charge >= 0.3 is 17.3 Å². The summed E-state index contributed by atoms with van der Waals surface area (Å²) in [6.45, 7) is 6.63. The van der Waals surface area contributed by atoms with Crippen LogP contribution in [0.5, 0.6) is 0 Å². The largest absolute Gasteiger partial charge is 0.444 e. The van der Waals surface area contributed by atoms with Crippen LogP contribution in [-0.4, -0.2) is 11.7 Å². The molecule has 0 bridgehead atoms. The van der Waals surface area contributed by atoms with E-state index in [0.29, 0.717) is 5.76 Å². The summed E-state index contributed by atoms with van der Waals surface area (Å²) in [5.74, 6) is 0.323. The molecule has 0 aromatic carbocycles. The van der Waals surface area contributed by atoms with Crippen LogP contribution in [0, 0.1) is 6.92 Å². The Morgan fingerprint density at radius 2 is 1.81 bits per heavy atom. The lowest BCUT2D eigenvalue weighted by Gasteiger charge is -2.19. The number of hydrogen-bond donors (Lipinski definition) is 1. The lowest BCUT2D eigenvalue weighted by atomic mass is 10.2. The topological polar surface area (TPSA) is 98.8 Å². The van der Waals surface area contributed by atoms with E-state index >= 15 is 0 Å². The smallest absolute Gasteiger partial charge is 0.412 e. The Labute approximate surface area is 119 Å². The number of amides is 1. The zero-order valence-corrected chi connectivity index (χ0v) is 12.1. The normalized spacial score (nSPS) is 11.4. The molecule has 0 radical (unpaired) electrons. The van der Waals surface area contributed by atoms with Gasteiger partial charge in [0.25, 0.3) is 0 Å². The van der Waals surface area contributed by atoms with Crippen molar-refractivity contribution < 1.29 is 18.4 Å². The lowest BCUT2D eigenvalue weighted by molar-refractivity contribution is 0.0635. The van der Waals surface area contributed by atoms with E-state index in [2.05, 4.69) is 5.32 Å². The van der Waals surface area contributed by atoms with E-state index in [1.807, 2.05) is 0 Å². The van der Waals surface area contributed by atoms with Gasteiger partial charge in [0.15, 0.2) is 0 Å². The lowest BCUT2D eigenvalue weighted by Crippen LogP contribution is -2.28. The van der Waals surface area contributed by atoms with Crippen LogP contribution < -0.4 is 16.6 Å². The Bertz CT molecular complexity index is 809. The van der Waals surface area contributed by atoms with Crippen molar-refractivity contribution in [3.63, 3.8) is 0 Å². The highest BCUT2D eigenvalue weighted by atomic mass is 16.6. The second-order valence-corrected chi connectivity index (χ2v) is 5.50. The van der Waals surface area contributed by atoms with E-state index in [9.17, 15) is 14.4 Å². The van der Waals surface area contributed by atoms with Gasteiger partial charge in [0.05, 0.1) is 0 Å². The molecule has 112 valence electrons. The van der Waals surface area contributed by atoms with Crippen LogP contribution in [0.25, 0.3) is 11.0 Å². The second kappa shape index (κ2) is 5.08. The van der Waals surface area contributed by atoms with E-state index in [-0.39, 0.29) is 16.7 Å². The molecule has 7 heteroatoms. The Balaban J connectivity index is 2.42. The summed E-state index contributed by atoms with van der Waals surface area (Å²) in [5.41, 5.74) is -2.23. The van der Waals surface area contributed by atoms with Crippen molar-refractivity contribution in [1.82, 2.24) is 0 Å². The average Bonchev–Trinajstić information content (AvgIpc) is 2.28. The molecule has 0 spiro atoms. The monoisotopic (exact) mass is 293 g/mol. The van der Waals surface area contributed by atoms with E-state index in [4.69, 9.17) is 13.6 Å². The summed E-state index contributed by atoms with van der Waals surface area (Å²) in [5, 5.41) is 2.31. The summed E-state index contributed by atoms with van der Waals surface area (Å²) in [7, 11) is 0. The first-order valence-electron chi connectivity index (χ1n) is 6.24. The average molecular weight is 293 g/mol. The van der Waals surface area contributed by atoms with E-state index < -0.39 is 22.9 Å². The van der Waals surface area contributed by atoms with Crippen LogP contribution in [0.15, 0.2) is 30.6 Å². The van der Waals surface area contributed by atoms with Crippen molar-refractivity contribution >= 4 is 22.7 Å². The highest BCUT2D eigenvalue weighted by Gasteiger charge is 2.18. The van der Waals surface area contributed by atoms with Gasteiger partial charge in [0.1, 0.15) is 28.0 Å². The predicted octanol–water partition coefficient (Wildman–Crippen LogP) is 2.40. The van der Waals surface area contributed by atoms with Crippen LogP contribution in [0.2, 0.25) is 0 Å². The third-order valence-electron chi connectivity index (χ3n) is 2.42. The maximum absolute atomic E-state index is 11.8. The van der Waals surface area contributed by atoms with Gasteiger partial charge in [-0.15, -0.1) is 0 Å². The molecule has 0 saturated carbocycles. The summed E-state index contributed by atoms with van der Waals surface area (Å²) < 4.78 is 14.9. The first-order chi connectivity index (χ1) is 9.65. The second-order valence-electron chi connectivity index (χ2n) is 5.50. The molecule has 7 nitrogen and oxygen atoms in total. The van der Waals surface area contributed by atoms with Crippen molar-refractivity contribution in [2.24, 2.45) is 0 Å². The third kappa shape index (κ3) is 3.50. The van der Waals surface area contributed by atoms with Crippen molar-refractivity contribution in [3.8, 4) is 0 Å². The molecular weight excluding hydrogens is 278 g/mol. The van der Waals surface area contributed by atoms with Gasteiger partial charge in [-0.2, -0.15) is 0 Å². The molecule has 1 amide bonds. The molecule has 0 aliphatic carbocycles. The van der Waals surface area contributed by atoms with Gasteiger partial charge in [-0.05, 0) is 33.8 Å². The maximum Gasteiger partial charge on any atom is 0.412 e. The van der Waals surface area contributed by atoms with Crippen LogP contribution >= 0.6 is 0 Å². The molecule has 0 saturated heterocycles. The third-order valence-corrected chi connectivity index (χ3v) is 2.42. The molecule has 2 aromatic heterocycles. The first kappa shape index (κ1) is 14.8. The van der Waals surface area contributed by atoms with Gasteiger partial charge in [-0.1, -0.05) is 0 Å². The molecule has 0 aliphatic heterocycles. The van der Waals surface area contributed by atoms with Crippen LogP contribution in [-0.2, 0) is 4.74 Å². The Morgan fingerprint density at radius 3 is 2.43 bits per heavy atom. The summed E-state index contributed by atoms with van der Waals surface area (Å²) in [6.07, 6.45) is -0.814. The van der Waals surface area contributed by atoms with Gasteiger partial charge in [-0.3, -0.25) is 5.32 Å². The molecule has 2 heterocycles. The van der Waals surface area contributed by atoms with E-state index in [1.54, 1.807) is 27.7 Å².